The second-order valence-corrected chi connectivity index (χ2v) is 7.21. The highest BCUT2D eigenvalue weighted by Crippen LogP contribution is 2.22. The van der Waals surface area contributed by atoms with Crippen molar-refractivity contribution in [3.05, 3.63) is 82.9 Å². The van der Waals surface area contributed by atoms with E-state index in [0.717, 1.165) is 28.6 Å². The van der Waals surface area contributed by atoms with Crippen molar-refractivity contribution in [2.45, 2.75) is 11.4 Å². The zero-order valence-corrected chi connectivity index (χ0v) is 16.3. The lowest BCUT2D eigenvalue weighted by Crippen LogP contribution is -2.20. The fourth-order valence-electron chi connectivity index (χ4n) is 2.77. The molecular weight excluding hydrogens is 382 g/mol. The molecule has 0 spiro atoms. The number of aromatic nitrogens is 1. The molecule has 1 aromatic heterocycles. The molecule has 0 fully saturated rings. The van der Waals surface area contributed by atoms with Crippen molar-refractivity contribution in [1.82, 2.24) is 0 Å². The molecule has 29 heavy (non-hydrogen) atoms. The van der Waals surface area contributed by atoms with Crippen LogP contribution in [0, 0.1) is 22.7 Å². The van der Waals surface area contributed by atoms with Crippen LogP contribution in [0.15, 0.2) is 65.7 Å². The SMILES string of the molecule is N#Cc1cc(C#N)c(SCC(=O)Nc2ccccc2Cc2ccccc2)[nH+]c1N. The van der Waals surface area contributed by atoms with Crippen molar-refractivity contribution in [3.63, 3.8) is 0 Å². The van der Waals surface area contributed by atoms with Gasteiger partial charge in [-0.2, -0.15) is 10.5 Å². The Bertz CT molecular complexity index is 1120. The minimum absolute atomic E-state index is 0.0934. The maximum Gasteiger partial charge on any atom is 0.289 e. The highest BCUT2D eigenvalue weighted by atomic mass is 32.2. The van der Waals surface area contributed by atoms with Crippen molar-refractivity contribution >= 4 is 29.2 Å². The number of carbonyl (C=O) groups excluding carboxylic acids is 1. The van der Waals surface area contributed by atoms with Crippen LogP contribution in [0.2, 0.25) is 0 Å². The molecule has 3 aromatic rings. The van der Waals surface area contributed by atoms with E-state index in [1.165, 1.54) is 6.07 Å². The number of carbonyl (C=O) groups is 1. The zero-order valence-electron chi connectivity index (χ0n) is 15.5. The van der Waals surface area contributed by atoms with Gasteiger partial charge in [-0.25, -0.2) is 4.98 Å². The number of para-hydroxylation sites is 1. The van der Waals surface area contributed by atoms with Crippen molar-refractivity contribution < 1.29 is 9.78 Å². The molecule has 6 nitrogen and oxygen atoms in total. The summed E-state index contributed by atoms with van der Waals surface area (Å²) in [6.45, 7) is 0. The van der Waals surface area contributed by atoms with Crippen LogP contribution in [0.25, 0.3) is 0 Å². The summed E-state index contributed by atoms with van der Waals surface area (Å²) >= 11 is 1.16. The van der Waals surface area contributed by atoms with Crippen molar-refractivity contribution in [2.75, 3.05) is 16.8 Å². The maximum atomic E-state index is 12.5. The third-order valence-electron chi connectivity index (χ3n) is 4.19. The van der Waals surface area contributed by atoms with Gasteiger partial charge >= 0.3 is 0 Å². The Labute approximate surface area is 173 Å². The van der Waals surface area contributed by atoms with Crippen LogP contribution in [-0.4, -0.2) is 11.7 Å². The number of thioether (sulfide) groups is 1. The number of nitrogen functional groups attached to an aromatic ring is 1. The molecule has 3 rings (SSSR count). The second-order valence-electron chi connectivity index (χ2n) is 6.22. The van der Waals surface area contributed by atoms with Gasteiger partial charge in [0.1, 0.15) is 23.3 Å². The maximum absolute atomic E-state index is 12.5. The van der Waals surface area contributed by atoms with E-state index >= 15 is 0 Å². The van der Waals surface area contributed by atoms with Crippen molar-refractivity contribution in [1.29, 1.82) is 10.5 Å². The molecule has 0 saturated heterocycles. The molecule has 0 aliphatic carbocycles. The highest BCUT2D eigenvalue weighted by molar-refractivity contribution is 7.99. The van der Waals surface area contributed by atoms with Gasteiger partial charge in [0.2, 0.25) is 5.91 Å². The predicted molar refractivity (Wildman–Crippen MR) is 112 cm³/mol. The van der Waals surface area contributed by atoms with E-state index < -0.39 is 0 Å². The number of hydrogen-bond acceptors (Lipinski definition) is 5. The van der Waals surface area contributed by atoms with Crippen molar-refractivity contribution in [3.8, 4) is 12.1 Å². The molecule has 0 radical (unpaired) electrons. The number of nitrogens with two attached hydrogens (primary N) is 1. The lowest BCUT2D eigenvalue weighted by Gasteiger charge is -2.11. The Morgan fingerprint density at radius 2 is 1.72 bits per heavy atom. The number of nitrogens with one attached hydrogen (secondary N) is 2. The first-order chi connectivity index (χ1) is 14.1. The Balaban J connectivity index is 1.69. The number of benzene rings is 2. The average Bonchev–Trinajstić information content (AvgIpc) is 2.74. The molecule has 2 aromatic carbocycles. The summed E-state index contributed by atoms with van der Waals surface area (Å²) in [5, 5.41) is 21.7. The molecule has 0 aliphatic rings. The summed E-state index contributed by atoms with van der Waals surface area (Å²) in [7, 11) is 0. The van der Waals surface area contributed by atoms with Gasteiger partial charge in [0, 0.05) is 5.69 Å². The van der Waals surface area contributed by atoms with Crippen LogP contribution in [-0.2, 0) is 11.2 Å². The summed E-state index contributed by atoms with van der Waals surface area (Å²) < 4.78 is 0. The summed E-state index contributed by atoms with van der Waals surface area (Å²) in [6, 6.07) is 23.1. The molecule has 0 aliphatic heterocycles. The molecule has 0 atom stereocenters. The Morgan fingerprint density at radius 3 is 2.45 bits per heavy atom. The number of nitriles is 2. The van der Waals surface area contributed by atoms with Gasteiger partial charge in [-0.3, -0.25) is 10.5 Å². The Morgan fingerprint density at radius 1 is 1.03 bits per heavy atom. The van der Waals surface area contributed by atoms with E-state index in [4.69, 9.17) is 11.0 Å². The monoisotopic (exact) mass is 400 g/mol. The van der Waals surface area contributed by atoms with E-state index in [1.807, 2.05) is 66.7 Å². The van der Waals surface area contributed by atoms with E-state index in [-0.39, 0.29) is 28.6 Å². The number of hydrogen-bond donors (Lipinski definition) is 2. The lowest BCUT2D eigenvalue weighted by molar-refractivity contribution is -0.410. The standard InChI is InChI=1S/C22H17N5OS/c23-12-17-11-18(13-24)22(27-21(17)25)29-14-20(28)26-19-9-5-4-8-16(19)10-15-6-2-1-3-7-15/h1-9,11H,10,14H2,(H2,25,27)(H,26,28)/p+1. The van der Waals surface area contributed by atoms with Crippen LogP contribution >= 0.6 is 11.8 Å². The first-order valence-electron chi connectivity index (χ1n) is 8.81. The van der Waals surface area contributed by atoms with Crippen LogP contribution in [0.4, 0.5) is 11.5 Å². The molecule has 142 valence electrons. The van der Waals surface area contributed by atoms with Crippen LogP contribution in [0.5, 0.6) is 0 Å². The third kappa shape index (κ3) is 5.13. The van der Waals surface area contributed by atoms with Gasteiger partial charge in [0.05, 0.1) is 5.75 Å². The van der Waals surface area contributed by atoms with Gasteiger partial charge < -0.3 is 5.32 Å². The first kappa shape index (κ1) is 19.9. The van der Waals surface area contributed by atoms with E-state index in [1.54, 1.807) is 0 Å². The number of pyridine rings is 1. The van der Waals surface area contributed by atoms with E-state index in [2.05, 4.69) is 10.3 Å². The smallest absolute Gasteiger partial charge is 0.289 e. The summed E-state index contributed by atoms with van der Waals surface area (Å²) in [5.74, 6) is 0.0641. The number of H-pyrrole nitrogens is 1. The largest absolute Gasteiger partial charge is 0.325 e. The van der Waals surface area contributed by atoms with Gasteiger partial charge in [0.25, 0.3) is 5.82 Å². The van der Waals surface area contributed by atoms with Gasteiger partial charge in [-0.15, -0.1) is 0 Å². The predicted octanol–water partition coefficient (Wildman–Crippen LogP) is 3.15. The summed E-state index contributed by atoms with van der Waals surface area (Å²) in [4.78, 5) is 15.3. The van der Waals surface area contributed by atoms with Crippen LogP contribution in [0.3, 0.4) is 0 Å². The minimum Gasteiger partial charge on any atom is -0.325 e. The highest BCUT2D eigenvalue weighted by Gasteiger charge is 2.16. The topological polar surface area (TPSA) is 117 Å². The fraction of sp³-hybridized carbons (Fsp3) is 0.0909. The average molecular weight is 400 g/mol. The third-order valence-corrected chi connectivity index (χ3v) is 5.21. The van der Waals surface area contributed by atoms with E-state index in [9.17, 15) is 10.1 Å². The molecule has 1 amide bonds. The summed E-state index contributed by atoms with van der Waals surface area (Å²) in [6.07, 6.45) is 0.711. The normalized spacial score (nSPS) is 10.0. The number of amides is 1. The Hall–Kier alpha value is -3.81. The zero-order chi connectivity index (χ0) is 20.6. The minimum atomic E-state index is -0.198. The number of anilines is 2. The summed E-state index contributed by atoms with van der Waals surface area (Å²) in [5.41, 5.74) is 9.18. The fourth-order valence-corrected chi connectivity index (χ4v) is 3.56. The quantitative estimate of drug-likeness (QED) is 0.617. The molecule has 0 unspecified atom stereocenters. The molecule has 0 saturated carbocycles. The molecule has 7 heteroatoms. The van der Waals surface area contributed by atoms with Crippen LogP contribution < -0.4 is 16.0 Å². The van der Waals surface area contributed by atoms with Gasteiger partial charge in [0.15, 0.2) is 5.03 Å². The lowest BCUT2D eigenvalue weighted by atomic mass is 10.0. The molecular formula is C22H18N5OS+. The van der Waals surface area contributed by atoms with E-state index in [0.29, 0.717) is 11.4 Å². The number of aromatic amines is 1. The van der Waals surface area contributed by atoms with Crippen molar-refractivity contribution in [2.24, 2.45) is 0 Å². The number of rotatable bonds is 6. The Kier molecular flexibility index (Phi) is 6.47. The number of nitrogens with zero attached hydrogens (tertiary/aromatic N) is 2. The first-order valence-corrected chi connectivity index (χ1v) is 9.79. The molecule has 0 bridgehead atoms. The molecule has 1 heterocycles. The molecule has 4 N–H and O–H groups in total. The van der Waals surface area contributed by atoms with Gasteiger partial charge in [-0.05, 0) is 29.7 Å². The van der Waals surface area contributed by atoms with Gasteiger partial charge in [-0.1, -0.05) is 60.3 Å². The van der Waals surface area contributed by atoms with Crippen LogP contribution in [0.1, 0.15) is 22.3 Å². The second kappa shape index (κ2) is 9.41.